The number of thiophene rings is 1. The van der Waals surface area contributed by atoms with Crippen LogP contribution in [0.15, 0.2) is 52.8 Å². The molecule has 1 aromatic carbocycles. The molecule has 4 aromatic rings. The first-order valence-electron chi connectivity index (χ1n) is 11.9. The average Bonchev–Trinajstić information content (AvgIpc) is 3.36. The molecule has 0 spiro atoms. The standard InChI is InChI=1S/C28H22F5N3O2S/c1-4-38-26-20(15(2)3)7-17(12-35-26)18-8-25(39-14-18)24-10-22(28(31,32)33)21(11-34)27(37)36(24)13-16-5-6-19(29)9-23(16)30/h5-10,12,14-15H,4,13H2,1-3H3. The second-order valence-corrected chi connectivity index (χ2v) is 9.87. The highest BCUT2D eigenvalue weighted by Gasteiger charge is 2.37. The molecular weight excluding hydrogens is 537 g/mol. The lowest BCUT2D eigenvalue weighted by Gasteiger charge is -2.17. The van der Waals surface area contributed by atoms with Crippen molar-refractivity contribution in [2.45, 2.75) is 39.4 Å². The quantitative estimate of drug-likeness (QED) is 0.222. The first-order valence-corrected chi connectivity index (χ1v) is 12.7. The van der Waals surface area contributed by atoms with Crippen LogP contribution in [0.4, 0.5) is 22.0 Å². The summed E-state index contributed by atoms with van der Waals surface area (Å²) in [5, 5.41) is 11.1. The van der Waals surface area contributed by atoms with Gasteiger partial charge in [0.05, 0.1) is 29.3 Å². The van der Waals surface area contributed by atoms with Crippen LogP contribution in [0.5, 0.6) is 5.88 Å². The number of rotatable bonds is 7. The summed E-state index contributed by atoms with van der Waals surface area (Å²) in [6.07, 6.45) is -3.39. The van der Waals surface area contributed by atoms with Crippen molar-refractivity contribution in [2.75, 3.05) is 6.61 Å². The van der Waals surface area contributed by atoms with E-state index in [4.69, 9.17) is 4.74 Å². The van der Waals surface area contributed by atoms with Crippen LogP contribution < -0.4 is 10.3 Å². The summed E-state index contributed by atoms with van der Waals surface area (Å²) in [6, 6.07) is 8.23. The Bertz CT molecular complexity index is 1630. The molecule has 4 rings (SSSR count). The van der Waals surface area contributed by atoms with Crippen molar-refractivity contribution >= 4 is 11.3 Å². The van der Waals surface area contributed by atoms with Crippen molar-refractivity contribution < 1.29 is 26.7 Å². The van der Waals surface area contributed by atoms with Gasteiger partial charge in [-0.2, -0.15) is 18.4 Å². The molecule has 0 bridgehead atoms. The minimum absolute atomic E-state index is 0.0840. The second-order valence-electron chi connectivity index (χ2n) is 8.96. The number of ether oxygens (including phenoxy) is 1. The molecule has 0 aliphatic carbocycles. The zero-order valence-corrected chi connectivity index (χ0v) is 21.9. The van der Waals surface area contributed by atoms with Crippen molar-refractivity contribution in [2.24, 2.45) is 0 Å². The highest BCUT2D eigenvalue weighted by molar-refractivity contribution is 7.14. The van der Waals surface area contributed by atoms with Crippen LogP contribution >= 0.6 is 11.3 Å². The lowest BCUT2D eigenvalue weighted by molar-refractivity contribution is -0.137. The van der Waals surface area contributed by atoms with Gasteiger partial charge >= 0.3 is 6.18 Å². The molecule has 0 radical (unpaired) electrons. The van der Waals surface area contributed by atoms with Crippen LogP contribution in [0.2, 0.25) is 0 Å². The smallest absolute Gasteiger partial charge is 0.417 e. The van der Waals surface area contributed by atoms with Crippen molar-refractivity contribution in [3.8, 4) is 33.6 Å². The molecule has 202 valence electrons. The minimum Gasteiger partial charge on any atom is -0.478 e. The predicted molar refractivity (Wildman–Crippen MR) is 138 cm³/mol. The van der Waals surface area contributed by atoms with Crippen molar-refractivity contribution in [1.29, 1.82) is 5.26 Å². The van der Waals surface area contributed by atoms with E-state index in [1.54, 1.807) is 17.6 Å². The Morgan fingerprint density at radius 2 is 1.87 bits per heavy atom. The molecule has 0 N–H and O–H groups in total. The molecule has 11 heteroatoms. The fraction of sp³-hybridized carbons (Fsp3) is 0.250. The predicted octanol–water partition coefficient (Wildman–Crippen LogP) is 7.38. The Balaban J connectivity index is 1.90. The van der Waals surface area contributed by atoms with Gasteiger partial charge in [0.1, 0.15) is 23.3 Å². The van der Waals surface area contributed by atoms with Gasteiger partial charge in [0.25, 0.3) is 5.56 Å². The molecule has 3 aromatic heterocycles. The molecule has 0 aliphatic rings. The fourth-order valence-electron chi connectivity index (χ4n) is 4.08. The van der Waals surface area contributed by atoms with Crippen LogP contribution in [-0.4, -0.2) is 16.2 Å². The Morgan fingerprint density at radius 3 is 2.49 bits per heavy atom. The van der Waals surface area contributed by atoms with Gasteiger partial charge < -0.3 is 9.30 Å². The highest BCUT2D eigenvalue weighted by Crippen LogP contribution is 2.38. The number of aromatic nitrogens is 2. The Morgan fingerprint density at radius 1 is 1.13 bits per heavy atom. The first kappa shape index (κ1) is 28.0. The molecule has 39 heavy (non-hydrogen) atoms. The monoisotopic (exact) mass is 559 g/mol. The summed E-state index contributed by atoms with van der Waals surface area (Å²) >= 11 is 1.08. The second kappa shape index (κ2) is 11.0. The zero-order chi connectivity index (χ0) is 28.5. The number of alkyl halides is 3. The number of pyridine rings is 2. The van der Waals surface area contributed by atoms with E-state index >= 15 is 0 Å². The normalized spacial score (nSPS) is 11.6. The maximum Gasteiger partial charge on any atom is 0.417 e. The van der Waals surface area contributed by atoms with E-state index in [0.717, 1.165) is 33.6 Å². The zero-order valence-electron chi connectivity index (χ0n) is 21.1. The average molecular weight is 560 g/mol. The van der Waals surface area contributed by atoms with Gasteiger partial charge in [-0.25, -0.2) is 13.8 Å². The molecule has 0 saturated carbocycles. The molecule has 0 unspecified atom stereocenters. The lowest BCUT2D eigenvalue weighted by Crippen LogP contribution is -2.28. The third-order valence-corrected chi connectivity index (χ3v) is 6.98. The Labute approximate surface area is 224 Å². The lowest BCUT2D eigenvalue weighted by atomic mass is 10.0. The van der Waals surface area contributed by atoms with E-state index in [0.29, 0.717) is 35.7 Å². The van der Waals surface area contributed by atoms with Crippen molar-refractivity contribution in [3.63, 3.8) is 0 Å². The van der Waals surface area contributed by atoms with Crippen LogP contribution in [-0.2, 0) is 12.7 Å². The summed E-state index contributed by atoms with van der Waals surface area (Å²) < 4.78 is 75.9. The molecule has 0 atom stereocenters. The van der Waals surface area contributed by atoms with Crippen LogP contribution in [0.25, 0.3) is 21.7 Å². The van der Waals surface area contributed by atoms with Gasteiger partial charge in [-0.15, -0.1) is 11.3 Å². The molecule has 0 aliphatic heterocycles. The number of halogens is 5. The number of nitriles is 1. The highest BCUT2D eigenvalue weighted by atomic mass is 32.1. The summed E-state index contributed by atoms with van der Waals surface area (Å²) in [5.74, 6) is -1.24. The number of benzene rings is 1. The van der Waals surface area contributed by atoms with Crippen molar-refractivity contribution in [1.82, 2.24) is 9.55 Å². The largest absolute Gasteiger partial charge is 0.478 e. The molecule has 0 saturated heterocycles. The van der Waals surface area contributed by atoms with Gasteiger partial charge in [-0.3, -0.25) is 4.79 Å². The third-order valence-electron chi connectivity index (χ3n) is 6.03. The van der Waals surface area contributed by atoms with Crippen LogP contribution in [0, 0.1) is 23.0 Å². The summed E-state index contributed by atoms with van der Waals surface area (Å²) in [6.45, 7) is 5.72. The third kappa shape index (κ3) is 5.71. The van der Waals surface area contributed by atoms with Crippen LogP contribution in [0.1, 0.15) is 48.9 Å². The fourth-order valence-corrected chi connectivity index (χ4v) is 5.02. The molecule has 0 amide bonds. The number of hydrogen-bond acceptors (Lipinski definition) is 5. The summed E-state index contributed by atoms with van der Waals surface area (Å²) in [4.78, 5) is 17.8. The maximum atomic E-state index is 14.5. The number of hydrogen-bond donors (Lipinski definition) is 0. The SMILES string of the molecule is CCOc1ncc(-c2csc(-c3cc(C(F)(F)F)c(C#N)c(=O)n3Cc3ccc(F)cc3F)c2)cc1C(C)C. The minimum atomic E-state index is -4.98. The van der Waals surface area contributed by atoms with Gasteiger partial charge in [0.2, 0.25) is 5.88 Å². The topological polar surface area (TPSA) is 67.9 Å². The molecular formula is C28H22F5N3O2S. The van der Waals surface area contributed by atoms with E-state index in [2.05, 4.69) is 4.98 Å². The van der Waals surface area contributed by atoms with E-state index in [-0.39, 0.29) is 22.1 Å². The van der Waals surface area contributed by atoms with Gasteiger partial charge in [-0.05, 0) is 48.1 Å². The number of nitrogens with zero attached hydrogens (tertiary/aromatic N) is 3. The van der Waals surface area contributed by atoms with Crippen LogP contribution in [0.3, 0.4) is 0 Å². The Hall–Kier alpha value is -4.04. The summed E-state index contributed by atoms with van der Waals surface area (Å²) in [7, 11) is 0. The van der Waals surface area contributed by atoms with E-state index in [1.807, 2.05) is 26.8 Å². The maximum absolute atomic E-state index is 14.5. The Kier molecular flexibility index (Phi) is 7.88. The van der Waals surface area contributed by atoms with Crippen molar-refractivity contribution in [3.05, 3.63) is 92.2 Å². The van der Waals surface area contributed by atoms with Gasteiger partial charge in [0, 0.05) is 29.0 Å². The van der Waals surface area contributed by atoms with E-state index < -0.39 is 41.0 Å². The summed E-state index contributed by atoms with van der Waals surface area (Å²) in [5.41, 5.74) is -1.84. The molecule has 0 fully saturated rings. The van der Waals surface area contributed by atoms with Gasteiger partial charge in [-0.1, -0.05) is 19.9 Å². The van der Waals surface area contributed by atoms with E-state index in [1.165, 1.54) is 6.07 Å². The molecule has 5 nitrogen and oxygen atoms in total. The van der Waals surface area contributed by atoms with E-state index in [9.17, 15) is 32.0 Å². The first-order chi connectivity index (χ1) is 18.4. The van der Waals surface area contributed by atoms with Gasteiger partial charge in [0.15, 0.2) is 0 Å². The molecule has 3 heterocycles.